The first-order valence-corrected chi connectivity index (χ1v) is 13.5. The van der Waals surface area contributed by atoms with Gasteiger partial charge in [0, 0.05) is 12.4 Å². The number of nitrogens with zero attached hydrogens (tertiary/aromatic N) is 1. The molecule has 0 fully saturated rings. The summed E-state index contributed by atoms with van der Waals surface area (Å²) in [6, 6.07) is 44.8. The van der Waals surface area contributed by atoms with Crippen LogP contribution in [-0.4, -0.2) is 4.98 Å². The highest BCUT2D eigenvalue weighted by atomic mass is 14.6. The van der Waals surface area contributed by atoms with E-state index >= 15 is 0 Å². The van der Waals surface area contributed by atoms with Gasteiger partial charge in [-0.2, -0.15) is 0 Å². The number of benzene rings is 7. The molecule has 1 heterocycles. The van der Waals surface area contributed by atoms with E-state index in [1.807, 2.05) is 12.4 Å². The highest BCUT2D eigenvalue weighted by Crippen LogP contribution is 2.45. The van der Waals surface area contributed by atoms with E-state index in [1.165, 1.54) is 82.0 Å². The number of fused-ring (bicyclic) bond motifs is 1. The summed E-state index contributed by atoms with van der Waals surface area (Å²) >= 11 is 0. The van der Waals surface area contributed by atoms with Gasteiger partial charge in [0.1, 0.15) is 0 Å². The lowest BCUT2D eigenvalue weighted by atomic mass is 9.84. The number of rotatable bonds is 3. The molecule has 0 N–H and O–H groups in total. The molecule has 0 bridgehead atoms. The first-order chi connectivity index (χ1) is 19.2. The van der Waals surface area contributed by atoms with E-state index in [1.54, 1.807) is 0 Å². The van der Waals surface area contributed by atoms with Gasteiger partial charge < -0.3 is 0 Å². The van der Waals surface area contributed by atoms with Gasteiger partial charge in [-0.25, -0.2) is 0 Å². The Balaban J connectivity index is 1.47. The van der Waals surface area contributed by atoms with E-state index in [0.717, 1.165) is 0 Å². The van der Waals surface area contributed by atoms with Crippen LogP contribution in [0.1, 0.15) is 5.56 Å². The number of aromatic nitrogens is 1. The molecule has 1 aromatic heterocycles. The van der Waals surface area contributed by atoms with E-state index < -0.39 is 0 Å². The van der Waals surface area contributed by atoms with E-state index in [4.69, 9.17) is 0 Å². The van der Waals surface area contributed by atoms with Gasteiger partial charge in [0.25, 0.3) is 0 Å². The molecule has 0 amide bonds. The third-order valence-corrected chi connectivity index (χ3v) is 8.15. The van der Waals surface area contributed by atoms with Crippen LogP contribution in [0.2, 0.25) is 0 Å². The number of hydrogen-bond acceptors (Lipinski definition) is 1. The van der Waals surface area contributed by atoms with Gasteiger partial charge >= 0.3 is 0 Å². The van der Waals surface area contributed by atoms with Crippen molar-refractivity contribution in [2.24, 2.45) is 0 Å². The van der Waals surface area contributed by atoms with Crippen LogP contribution in [0.15, 0.2) is 134 Å². The van der Waals surface area contributed by atoms with Crippen LogP contribution in [-0.2, 0) is 0 Å². The zero-order valence-electron chi connectivity index (χ0n) is 21.6. The molecular formula is C38H25N. The van der Waals surface area contributed by atoms with Crippen LogP contribution in [0.25, 0.3) is 76.5 Å². The SMILES string of the molecule is Cc1cc2ccc3c(-c4ccc(-c5ccncc5)cc4)cc(-c4cccc5ccccc45)c4ccc(c1)c2c34. The van der Waals surface area contributed by atoms with Gasteiger partial charge in [0.15, 0.2) is 0 Å². The average Bonchev–Trinajstić information content (AvgIpc) is 2.99. The fourth-order valence-corrected chi connectivity index (χ4v) is 6.38. The highest BCUT2D eigenvalue weighted by Gasteiger charge is 2.18. The lowest BCUT2D eigenvalue weighted by Crippen LogP contribution is -1.92. The summed E-state index contributed by atoms with van der Waals surface area (Å²) in [5.74, 6) is 0. The van der Waals surface area contributed by atoms with Crippen LogP contribution in [0.3, 0.4) is 0 Å². The highest BCUT2D eigenvalue weighted by molar-refractivity contribution is 6.29. The quantitative estimate of drug-likeness (QED) is 0.222. The summed E-state index contributed by atoms with van der Waals surface area (Å²) in [6.45, 7) is 2.19. The zero-order valence-corrected chi connectivity index (χ0v) is 21.6. The van der Waals surface area contributed by atoms with Crippen LogP contribution in [0.4, 0.5) is 0 Å². The second kappa shape index (κ2) is 8.51. The largest absolute Gasteiger partial charge is 0.265 e. The van der Waals surface area contributed by atoms with E-state index in [9.17, 15) is 0 Å². The van der Waals surface area contributed by atoms with E-state index in [-0.39, 0.29) is 0 Å². The molecule has 0 aliphatic rings. The monoisotopic (exact) mass is 495 g/mol. The summed E-state index contributed by atoms with van der Waals surface area (Å²) in [7, 11) is 0. The molecular weight excluding hydrogens is 470 g/mol. The second-order valence-electron chi connectivity index (χ2n) is 10.5. The maximum atomic E-state index is 4.18. The second-order valence-corrected chi connectivity index (χ2v) is 10.5. The molecule has 0 aliphatic carbocycles. The fraction of sp³-hybridized carbons (Fsp3) is 0.0263. The van der Waals surface area contributed by atoms with Crippen molar-refractivity contribution in [2.45, 2.75) is 6.92 Å². The molecule has 0 aliphatic heterocycles. The lowest BCUT2D eigenvalue weighted by molar-refractivity contribution is 1.33. The first-order valence-electron chi connectivity index (χ1n) is 13.5. The Morgan fingerprint density at radius 1 is 0.410 bits per heavy atom. The average molecular weight is 496 g/mol. The van der Waals surface area contributed by atoms with Crippen LogP contribution in [0.5, 0.6) is 0 Å². The van der Waals surface area contributed by atoms with Gasteiger partial charge in [0.05, 0.1) is 0 Å². The molecule has 0 atom stereocenters. The standard InChI is InChI=1S/C38H25N/c1-24-21-29-13-15-33-35(28-11-9-25(10-12-28)26-17-19-39-20-18-26)23-36(34-16-14-30(22-24)37(29)38(33)34)32-8-4-6-27-5-2-3-7-31(27)32/h2-23H,1H3. The van der Waals surface area contributed by atoms with Crippen LogP contribution < -0.4 is 0 Å². The maximum absolute atomic E-state index is 4.18. The van der Waals surface area contributed by atoms with Crippen molar-refractivity contribution in [3.05, 3.63) is 139 Å². The van der Waals surface area contributed by atoms with Crippen molar-refractivity contribution < 1.29 is 0 Å². The Hall–Kier alpha value is -5.01. The first kappa shape index (κ1) is 22.0. The van der Waals surface area contributed by atoms with Gasteiger partial charge in [-0.3, -0.25) is 4.98 Å². The van der Waals surface area contributed by atoms with Crippen LogP contribution >= 0.6 is 0 Å². The van der Waals surface area contributed by atoms with Crippen molar-refractivity contribution in [2.75, 3.05) is 0 Å². The third kappa shape index (κ3) is 3.44. The zero-order chi connectivity index (χ0) is 25.9. The van der Waals surface area contributed by atoms with Crippen LogP contribution in [0, 0.1) is 6.92 Å². The lowest BCUT2D eigenvalue weighted by Gasteiger charge is -2.19. The molecule has 0 saturated heterocycles. The van der Waals surface area contributed by atoms with Gasteiger partial charge in [0.2, 0.25) is 0 Å². The smallest absolute Gasteiger partial charge is 0.0273 e. The minimum atomic E-state index is 1.18. The minimum absolute atomic E-state index is 1.18. The molecule has 0 radical (unpaired) electrons. The predicted molar refractivity (Wildman–Crippen MR) is 166 cm³/mol. The van der Waals surface area contributed by atoms with Crippen molar-refractivity contribution >= 4 is 43.1 Å². The number of pyridine rings is 1. The third-order valence-electron chi connectivity index (χ3n) is 8.15. The van der Waals surface area contributed by atoms with Gasteiger partial charge in [-0.05, 0) is 107 Å². The molecule has 182 valence electrons. The van der Waals surface area contributed by atoms with Gasteiger partial charge in [-0.15, -0.1) is 0 Å². The molecule has 1 heteroatoms. The summed E-state index contributed by atoms with van der Waals surface area (Å²) < 4.78 is 0. The molecule has 0 saturated carbocycles. The molecule has 8 aromatic rings. The molecule has 1 nitrogen and oxygen atoms in total. The Morgan fingerprint density at radius 3 is 1.82 bits per heavy atom. The molecule has 0 spiro atoms. The Morgan fingerprint density at radius 2 is 1.05 bits per heavy atom. The molecule has 8 rings (SSSR count). The van der Waals surface area contributed by atoms with Crippen molar-refractivity contribution in [1.82, 2.24) is 4.98 Å². The van der Waals surface area contributed by atoms with E-state index in [0.29, 0.717) is 0 Å². The topological polar surface area (TPSA) is 12.9 Å². The molecule has 39 heavy (non-hydrogen) atoms. The molecule has 0 unspecified atom stereocenters. The summed E-state index contributed by atoms with van der Waals surface area (Å²) in [4.78, 5) is 4.18. The van der Waals surface area contributed by atoms with Crippen molar-refractivity contribution in [1.29, 1.82) is 0 Å². The maximum Gasteiger partial charge on any atom is 0.0273 e. The summed E-state index contributed by atoms with van der Waals surface area (Å²) in [6.07, 6.45) is 3.70. The number of hydrogen-bond donors (Lipinski definition) is 0. The Labute approximate surface area is 227 Å². The van der Waals surface area contributed by atoms with Crippen molar-refractivity contribution in [3.8, 4) is 33.4 Å². The fourth-order valence-electron chi connectivity index (χ4n) is 6.38. The summed E-state index contributed by atoms with van der Waals surface area (Å²) in [5.41, 5.74) is 8.72. The molecule has 7 aromatic carbocycles. The van der Waals surface area contributed by atoms with Crippen molar-refractivity contribution in [3.63, 3.8) is 0 Å². The van der Waals surface area contributed by atoms with E-state index in [2.05, 4.69) is 133 Å². The van der Waals surface area contributed by atoms with Gasteiger partial charge in [-0.1, -0.05) is 103 Å². The Kier molecular flexibility index (Phi) is 4.80. The Bertz CT molecular complexity index is 2130. The predicted octanol–water partition coefficient (Wildman–Crippen LogP) is 10.4. The number of aryl methyl sites for hydroxylation is 1. The minimum Gasteiger partial charge on any atom is -0.265 e. The summed E-state index contributed by atoms with van der Waals surface area (Å²) in [5, 5.41) is 10.5. The normalized spacial score (nSPS) is 11.7.